The molecule has 2 nitrogen and oxygen atoms in total. The molecule has 1 aliphatic heterocycles. The zero-order valence-corrected chi connectivity index (χ0v) is 8.44. The van der Waals surface area contributed by atoms with Gasteiger partial charge in [-0.2, -0.15) is 0 Å². The summed E-state index contributed by atoms with van der Waals surface area (Å²) < 4.78 is 5.33. The third kappa shape index (κ3) is 1.41. The van der Waals surface area contributed by atoms with Crippen LogP contribution in [0, 0.1) is 11.8 Å². The van der Waals surface area contributed by atoms with Crippen molar-refractivity contribution < 1.29 is 9.53 Å². The van der Waals surface area contributed by atoms with Gasteiger partial charge in [0, 0.05) is 5.92 Å². The Bertz CT molecular complexity index is 331. The minimum absolute atomic E-state index is 0.0141. The number of hydrogen-bond acceptors (Lipinski definition) is 2. The Morgan fingerprint density at radius 3 is 2.29 bits per heavy atom. The van der Waals surface area contributed by atoms with Crippen LogP contribution in [-0.4, -0.2) is 5.97 Å². The molecule has 14 heavy (non-hydrogen) atoms. The van der Waals surface area contributed by atoms with Crippen molar-refractivity contribution in [2.24, 2.45) is 11.8 Å². The Kier molecular flexibility index (Phi) is 2.28. The van der Waals surface area contributed by atoms with E-state index in [1.165, 1.54) is 0 Å². The molecule has 0 saturated carbocycles. The lowest BCUT2D eigenvalue weighted by atomic mass is 9.90. The molecule has 0 aromatic heterocycles. The van der Waals surface area contributed by atoms with Gasteiger partial charge in [0.1, 0.15) is 6.10 Å². The van der Waals surface area contributed by atoms with Gasteiger partial charge in [-0.05, 0) is 5.56 Å². The third-order valence-electron chi connectivity index (χ3n) is 3.01. The predicted molar refractivity (Wildman–Crippen MR) is 53.6 cm³/mol. The van der Waals surface area contributed by atoms with Crippen molar-refractivity contribution in [2.75, 3.05) is 0 Å². The van der Waals surface area contributed by atoms with E-state index in [4.69, 9.17) is 4.74 Å². The fourth-order valence-corrected chi connectivity index (χ4v) is 1.83. The summed E-state index contributed by atoms with van der Waals surface area (Å²) in [5, 5.41) is 0. The molecule has 0 radical (unpaired) electrons. The van der Waals surface area contributed by atoms with E-state index in [0.29, 0.717) is 0 Å². The minimum atomic E-state index is -0.0775. The number of cyclic esters (lactones) is 1. The van der Waals surface area contributed by atoms with Gasteiger partial charge in [-0.3, -0.25) is 4.79 Å². The van der Waals surface area contributed by atoms with Gasteiger partial charge >= 0.3 is 5.97 Å². The second-order valence-electron chi connectivity index (χ2n) is 3.92. The fraction of sp³-hybridized carbons (Fsp3) is 0.417. The smallest absolute Gasteiger partial charge is 0.309 e. The molecule has 1 aromatic rings. The molecule has 0 unspecified atom stereocenters. The van der Waals surface area contributed by atoms with Crippen molar-refractivity contribution in [1.82, 2.24) is 0 Å². The van der Waals surface area contributed by atoms with Gasteiger partial charge in [0.25, 0.3) is 0 Å². The molecule has 2 heteroatoms. The second-order valence-corrected chi connectivity index (χ2v) is 3.92. The van der Waals surface area contributed by atoms with Gasteiger partial charge in [-0.15, -0.1) is 0 Å². The van der Waals surface area contributed by atoms with Crippen LogP contribution in [0.4, 0.5) is 0 Å². The van der Waals surface area contributed by atoms with Crippen LogP contribution in [0.1, 0.15) is 25.5 Å². The second kappa shape index (κ2) is 3.45. The summed E-state index contributed by atoms with van der Waals surface area (Å²) in [7, 11) is 0. The first-order valence-electron chi connectivity index (χ1n) is 4.95. The van der Waals surface area contributed by atoms with Crippen LogP contribution in [-0.2, 0) is 9.53 Å². The maximum Gasteiger partial charge on any atom is 0.309 e. The molecule has 1 aliphatic rings. The molecule has 0 spiro atoms. The van der Waals surface area contributed by atoms with Gasteiger partial charge in [0.15, 0.2) is 0 Å². The van der Waals surface area contributed by atoms with Gasteiger partial charge in [0.05, 0.1) is 5.92 Å². The SMILES string of the molecule is C[C@H]1[C@@H](c2ccccc2)OC(=O)[C@@H]1C. The summed E-state index contributed by atoms with van der Waals surface area (Å²) in [6, 6.07) is 9.92. The molecule has 0 bridgehead atoms. The van der Waals surface area contributed by atoms with E-state index < -0.39 is 0 Å². The fourth-order valence-electron chi connectivity index (χ4n) is 1.83. The zero-order chi connectivity index (χ0) is 10.1. The largest absolute Gasteiger partial charge is 0.457 e. The van der Waals surface area contributed by atoms with Crippen LogP contribution in [0.25, 0.3) is 0 Å². The first-order valence-corrected chi connectivity index (χ1v) is 4.95. The molecule has 3 atom stereocenters. The van der Waals surface area contributed by atoms with Crippen molar-refractivity contribution in [2.45, 2.75) is 20.0 Å². The van der Waals surface area contributed by atoms with E-state index in [9.17, 15) is 4.79 Å². The maximum absolute atomic E-state index is 11.3. The maximum atomic E-state index is 11.3. The van der Waals surface area contributed by atoms with Gasteiger partial charge < -0.3 is 4.74 Å². The summed E-state index contributed by atoms with van der Waals surface area (Å²) in [5.41, 5.74) is 1.10. The van der Waals surface area contributed by atoms with Crippen LogP contribution in [0.2, 0.25) is 0 Å². The normalized spacial score (nSPS) is 31.6. The summed E-state index contributed by atoms with van der Waals surface area (Å²) in [6.07, 6.45) is -0.0568. The standard InChI is InChI=1S/C12H14O2/c1-8-9(2)12(13)14-11(8)10-6-4-3-5-7-10/h3-9,11H,1-2H3/t8-,9-,11+/m1/s1. The Hall–Kier alpha value is -1.31. The Balaban J connectivity index is 2.26. The molecular formula is C12H14O2. The van der Waals surface area contributed by atoms with Crippen molar-refractivity contribution in [1.29, 1.82) is 0 Å². The molecule has 1 saturated heterocycles. The van der Waals surface area contributed by atoms with E-state index in [0.717, 1.165) is 5.56 Å². The van der Waals surface area contributed by atoms with Crippen LogP contribution in [0.15, 0.2) is 30.3 Å². The van der Waals surface area contributed by atoms with Crippen LogP contribution in [0.3, 0.4) is 0 Å². The molecule has 0 N–H and O–H groups in total. The number of carbonyl (C=O) groups is 1. The lowest BCUT2D eigenvalue weighted by Crippen LogP contribution is -2.09. The average Bonchev–Trinajstić information content (AvgIpc) is 2.47. The summed E-state index contributed by atoms with van der Waals surface area (Å²) in [4.78, 5) is 11.3. The van der Waals surface area contributed by atoms with Crippen LogP contribution >= 0.6 is 0 Å². The van der Waals surface area contributed by atoms with Crippen molar-refractivity contribution in [3.05, 3.63) is 35.9 Å². The summed E-state index contributed by atoms with van der Waals surface area (Å²) >= 11 is 0. The molecule has 0 aliphatic carbocycles. The van der Waals surface area contributed by atoms with E-state index in [2.05, 4.69) is 6.92 Å². The first-order chi connectivity index (χ1) is 6.70. The Morgan fingerprint density at radius 1 is 1.14 bits per heavy atom. The van der Waals surface area contributed by atoms with Gasteiger partial charge in [-0.25, -0.2) is 0 Å². The van der Waals surface area contributed by atoms with Crippen molar-refractivity contribution in [3.8, 4) is 0 Å². The number of carbonyl (C=O) groups excluding carboxylic acids is 1. The zero-order valence-electron chi connectivity index (χ0n) is 8.44. The lowest BCUT2D eigenvalue weighted by Gasteiger charge is -2.14. The van der Waals surface area contributed by atoms with Crippen LogP contribution in [0.5, 0.6) is 0 Å². The topological polar surface area (TPSA) is 26.3 Å². The molecule has 0 amide bonds. The Labute approximate surface area is 83.9 Å². The number of benzene rings is 1. The van der Waals surface area contributed by atoms with E-state index >= 15 is 0 Å². The van der Waals surface area contributed by atoms with Gasteiger partial charge in [-0.1, -0.05) is 44.2 Å². The highest BCUT2D eigenvalue weighted by Crippen LogP contribution is 2.38. The molecule has 1 aromatic carbocycles. The van der Waals surface area contributed by atoms with Crippen molar-refractivity contribution >= 4 is 5.97 Å². The predicted octanol–water partition coefficient (Wildman–Crippen LogP) is 2.56. The monoisotopic (exact) mass is 190 g/mol. The summed E-state index contributed by atoms with van der Waals surface area (Å²) in [6.45, 7) is 3.99. The number of esters is 1. The van der Waals surface area contributed by atoms with Crippen molar-refractivity contribution in [3.63, 3.8) is 0 Å². The number of rotatable bonds is 1. The van der Waals surface area contributed by atoms with Crippen LogP contribution < -0.4 is 0 Å². The number of ether oxygens (including phenoxy) is 1. The quantitative estimate of drug-likeness (QED) is 0.636. The van der Waals surface area contributed by atoms with E-state index in [1.807, 2.05) is 37.3 Å². The van der Waals surface area contributed by atoms with E-state index in [1.54, 1.807) is 0 Å². The highest BCUT2D eigenvalue weighted by atomic mass is 16.6. The summed E-state index contributed by atoms with van der Waals surface area (Å²) in [5.74, 6) is 0.205. The Morgan fingerprint density at radius 2 is 1.79 bits per heavy atom. The third-order valence-corrected chi connectivity index (χ3v) is 3.01. The highest BCUT2D eigenvalue weighted by Gasteiger charge is 2.39. The molecule has 1 heterocycles. The minimum Gasteiger partial charge on any atom is -0.457 e. The molecule has 2 rings (SSSR count). The first kappa shape index (κ1) is 9.25. The number of hydrogen-bond donors (Lipinski definition) is 0. The lowest BCUT2D eigenvalue weighted by molar-refractivity contribution is -0.144. The molecule has 74 valence electrons. The van der Waals surface area contributed by atoms with E-state index in [-0.39, 0.29) is 23.9 Å². The molecular weight excluding hydrogens is 176 g/mol. The average molecular weight is 190 g/mol. The molecule has 1 fully saturated rings. The highest BCUT2D eigenvalue weighted by molar-refractivity contribution is 5.75. The van der Waals surface area contributed by atoms with Gasteiger partial charge in [0.2, 0.25) is 0 Å².